The summed E-state index contributed by atoms with van der Waals surface area (Å²) in [6.45, 7) is 6.24. The molecule has 0 heterocycles. The lowest BCUT2D eigenvalue weighted by molar-refractivity contribution is 0.447. The molecule has 0 unspecified atom stereocenters. The van der Waals surface area contributed by atoms with Gasteiger partial charge in [0.2, 0.25) is 0 Å². The maximum atomic E-state index is 12.0. The summed E-state index contributed by atoms with van der Waals surface area (Å²) >= 11 is 1.79. The number of hydrogen-bond acceptors (Lipinski definition) is 4. The van der Waals surface area contributed by atoms with Gasteiger partial charge in [0.25, 0.3) is 0 Å². The zero-order chi connectivity index (χ0) is 14.8. The van der Waals surface area contributed by atoms with E-state index in [0.717, 1.165) is 12.0 Å². The monoisotopic (exact) mass is 397 g/mol. The molecule has 4 nitrogen and oxygen atoms in total. The summed E-state index contributed by atoms with van der Waals surface area (Å²) < 4.78 is 24.0. The summed E-state index contributed by atoms with van der Waals surface area (Å²) in [6.07, 6.45) is 0.867. The summed E-state index contributed by atoms with van der Waals surface area (Å²) in [4.78, 5) is -0.0126. The normalized spacial score (nSPS) is 12.7. The number of phenols is 1. The second-order valence-corrected chi connectivity index (χ2v) is 8.90. The molecule has 108 valence electrons. The Kier molecular flexibility index (Phi) is 5.25. The van der Waals surface area contributed by atoms with E-state index in [1.807, 2.05) is 20.8 Å². The van der Waals surface area contributed by atoms with E-state index in [1.54, 1.807) is 34.7 Å². The molecule has 0 saturated heterocycles. The largest absolute Gasteiger partial charge is 0.506 e. The Bertz CT molecular complexity index is 567. The molecule has 0 atom stereocenters. The van der Waals surface area contributed by atoms with Gasteiger partial charge >= 0.3 is 0 Å². The Labute approximate surface area is 128 Å². The van der Waals surface area contributed by atoms with Gasteiger partial charge in [0.15, 0.2) is 9.84 Å². The van der Waals surface area contributed by atoms with E-state index < -0.39 is 9.84 Å². The van der Waals surface area contributed by atoms with E-state index in [1.165, 1.54) is 0 Å². The van der Waals surface area contributed by atoms with Crippen molar-refractivity contribution in [1.82, 2.24) is 0 Å². The van der Waals surface area contributed by atoms with Crippen molar-refractivity contribution in [3.8, 4) is 5.75 Å². The molecule has 0 spiro atoms. The predicted molar refractivity (Wildman–Crippen MR) is 85.4 cm³/mol. The van der Waals surface area contributed by atoms with E-state index >= 15 is 0 Å². The van der Waals surface area contributed by atoms with Crippen LogP contribution in [0.4, 0.5) is 0 Å². The number of rotatable bonds is 5. The SMILES string of the molecule is CCC(C)(C)c1cc(CN)c(O)c(S(=O)(=O)CI)c1. The van der Waals surface area contributed by atoms with Crippen molar-refractivity contribution in [2.75, 3.05) is 3.76 Å². The first-order chi connectivity index (χ1) is 8.69. The summed E-state index contributed by atoms with van der Waals surface area (Å²) in [5, 5.41) is 10.1. The van der Waals surface area contributed by atoms with Crippen molar-refractivity contribution < 1.29 is 13.5 Å². The Hall–Kier alpha value is -0.340. The van der Waals surface area contributed by atoms with Crippen molar-refractivity contribution in [3.05, 3.63) is 23.3 Å². The third-order valence-corrected chi connectivity index (χ3v) is 7.25. The first-order valence-corrected chi connectivity index (χ1v) is 9.22. The Morgan fingerprint density at radius 2 is 1.95 bits per heavy atom. The highest BCUT2D eigenvalue weighted by molar-refractivity contribution is 14.1. The van der Waals surface area contributed by atoms with Gasteiger partial charge in [-0.15, -0.1) is 0 Å². The molecule has 1 aromatic carbocycles. The third-order valence-electron chi connectivity index (χ3n) is 3.52. The first kappa shape index (κ1) is 16.7. The molecule has 0 fully saturated rings. The van der Waals surface area contributed by atoms with E-state index in [4.69, 9.17) is 5.73 Å². The van der Waals surface area contributed by atoms with E-state index in [0.29, 0.717) is 5.56 Å². The number of hydrogen-bond donors (Lipinski definition) is 2. The van der Waals surface area contributed by atoms with E-state index in [9.17, 15) is 13.5 Å². The molecule has 19 heavy (non-hydrogen) atoms. The molecule has 0 aliphatic rings. The lowest BCUT2D eigenvalue weighted by Gasteiger charge is -2.25. The molecule has 0 radical (unpaired) electrons. The summed E-state index contributed by atoms with van der Waals surface area (Å²) in [7, 11) is -3.47. The fraction of sp³-hybridized carbons (Fsp3) is 0.538. The van der Waals surface area contributed by atoms with Crippen LogP contribution in [0.1, 0.15) is 38.3 Å². The molecule has 0 amide bonds. The lowest BCUT2D eigenvalue weighted by Crippen LogP contribution is -2.18. The van der Waals surface area contributed by atoms with Crippen molar-refractivity contribution in [1.29, 1.82) is 0 Å². The molecule has 0 bridgehead atoms. The van der Waals surface area contributed by atoms with Crippen LogP contribution in [0.3, 0.4) is 0 Å². The molecule has 0 aliphatic heterocycles. The van der Waals surface area contributed by atoms with Crippen molar-refractivity contribution in [2.24, 2.45) is 5.73 Å². The molecule has 6 heteroatoms. The Morgan fingerprint density at radius 3 is 2.37 bits per heavy atom. The Morgan fingerprint density at radius 1 is 1.37 bits per heavy atom. The second kappa shape index (κ2) is 5.97. The topological polar surface area (TPSA) is 80.4 Å². The van der Waals surface area contributed by atoms with Crippen molar-refractivity contribution >= 4 is 32.4 Å². The maximum absolute atomic E-state index is 12.0. The van der Waals surface area contributed by atoms with Gasteiger partial charge in [-0.2, -0.15) is 0 Å². The minimum absolute atomic E-state index is 0.0126. The van der Waals surface area contributed by atoms with Crippen LogP contribution in [0, 0.1) is 0 Å². The number of phenolic OH excluding ortho intramolecular Hbond substituents is 1. The van der Waals surface area contributed by atoms with Gasteiger partial charge in [-0.3, -0.25) is 0 Å². The van der Waals surface area contributed by atoms with Gasteiger partial charge in [0.05, 0.1) is 0 Å². The van der Waals surface area contributed by atoms with Crippen LogP contribution in [0.15, 0.2) is 17.0 Å². The molecule has 0 saturated carbocycles. The molecule has 0 aliphatic carbocycles. The number of sulfone groups is 1. The van der Waals surface area contributed by atoms with Crippen LogP contribution in [-0.4, -0.2) is 17.3 Å². The fourth-order valence-electron chi connectivity index (χ4n) is 1.71. The van der Waals surface area contributed by atoms with Gasteiger partial charge < -0.3 is 10.8 Å². The summed E-state index contributed by atoms with van der Waals surface area (Å²) in [5.41, 5.74) is 6.80. The minimum atomic E-state index is -3.47. The predicted octanol–water partition coefficient (Wildman–Crippen LogP) is 2.70. The van der Waals surface area contributed by atoms with Crippen LogP contribution in [0.2, 0.25) is 0 Å². The molecule has 0 aromatic heterocycles. The molecule has 1 aromatic rings. The van der Waals surface area contributed by atoms with Gasteiger partial charge in [-0.1, -0.05) is 49.4 Å². The number of alkyl halides is 1. The van der Waals surface area contributed by atoms with Crippen LogP contribution in [0.25, 0.3) is 0 Å². The summed E-state index contributed by atoms with van der Waals surface area (Å²) in [5.74, 6) is -0.213. The van der Waals surface area contributed by atoms with Gasteiger partial charge in [-0.05, 0) is 23.5 Å². The fourth-order valence-corrected chi connectivity index (χ4v) is 3.57. The average molecular weight is 397 g/mol. The highest BCUT2D eigenvalue weighted by Crippen LogP contribution is 2.36. The first-order valence-electron chi connectivity index (χ1n) is 6.04. The highest BCUT2D eigenvalue weighted by Gasteiger charge is 2.26. The van der Waals surface area contributed by atoms with E-state index in [2.05, 4.69) is 0 Å². The summed E-state index contributed by atoms with van der Waals surface area (Å²) in [6, 6.07) is 3.37. The second-order valence-electron chi connectivity index (χ2n) is 5.15. The van der Waals surface area contributed by atoms with Crippen LogP contribution >= 0.6 is 22.6 Å². The Balaban J connectivity index is 3.61. The minimum Gasteiger partial charge on any atom is -0.506 e. The maximum Gasteiger partial charge on any atom is 0.191 e. The zero-order valence-electron chi connectivity index (χ0n) is 11.4. The average Bonchev–Trinajstić information content (AvgIpc) is 2.38. The third kappa shape index (κ3) is 3.41. The van der Waals surface area contributed by atoms with Gasteiger partial charge in [0.1, 0.15) is 14.4 Å². The molecular formula is C13H20INO3S. The quantitative estimate of drug-likeness (QED) is 0.592. The van der Waals surface area contributed by atoms with Crippen LogP contribution in [-0.2, 0) is 21.8 Å². The standard InChI is InChI=1S/C13H20INO3S/c1-4-13(2,3)10-5-9(7-15)12(16)11(6-10)19(17,18)8-14/h5-6,16H,4,7-8,15H2,1-3H3. The number of halogens is 1. The lowest BCUT2D eigenvalue weighted by atomic mass is 9.81. The van der Waals surface area contributed by atoms with Crippen molar-refractivity contribution in [3.63, 3.8) is 0 Å². The number of aromatic hydroxyl groups is 1. The van der Waals surface area contributed by atoms with E-state index in [-0.39, 0.29) is 26.4 Å². The zero-order valence-corrected chi connectivity index (χ0v) is 14.4. The number of benzene rings is 1. The van der Waals surface area contributed by atoms with Crippen LogP contribution in [0.5, 0.6) is 5.75 Å². The molecule has 1 rings (SSSR count). The van der Waals surface area contributed by atoms with Gasteiger partial charge in [-0.25, -0.2) is 8.42 Å². The van der Waals surface area contributed by atoms with Crippen LogP contribution < -0.4 is 5.73 Å². The number of nitrogens with two attached hydrogens (primary N) is 1. The van der Waals surface area contributed by atoms with Gasteiger partial charge in [0, 0.05) is 12.1 Å². The highest BCUT2D eigenvalue weighted by atomic mass is 127. The molecule has 3 N–H and O–H groups in total. The molecular weight excluding hydrogens is 377 g/mol. The van der Waals surface area contributed by atoms with Crippen molar-refractivity contribution in [2.45, 2.75) is 44.0 Å². The smallest absolute Gasteiger partial charge is 0.191 e.